The maximum absolute atomic E-state index is 13.8. The second kappa shape index (κ2) is 12.8. The Hall–Kier alpha value is -4.23. The standard InChI is InChI=1S/C34H40FN7O2/c1-23-7-4-8-25-9-5-12-30(31(23)25)40-16-14-28-29(22-40)37-34(44-20-19-39(3)26-10-6-11-26)38-32(28)41-17-18-42(33(43)24(2)35)27(21-41)13-15-36/h4-5,7-9,12,26-27H,2,6,10-11,13-14,16-22H2,1,3H3/t27-/m0/s1. The molecule has 6 rings (SSSR count). The predicted octanol–water partition coefficient (Wildman–Crippen LogP) is 4.78. The lowest BCUT2D eigenvalue weighted by molar-refractivity contribution is -0.131. The highest BCUT2D eigenvalue weighted by Crippen LogP contribution is 2.36. The van der Waals surface area contributed by atoms with Gasteiger partial charge in [0.15, 0.2) is 5.83 Å². The number of aryl methyl sites for hydroxylation is 1. The minimum atomic E-state index is -1.01. The fraction of sp³-hybridized carbons (Fsp3) is 0.471. The summed E-state index contributed by atoms with van der Waals surface area (Å²) in [7, 11) is 2.14. The van der Waals surface area contributed by atoms with Crippen molar-refractivity contribution in [2.45, 2.75) is 57.7 Å². The number of hydrogen-bond donors (Lipinski definition) is 0. The number of amides is 1. The van der Waals surface area contributed by atoms with Crippen LogP contribution in [0.15, 0.2) is 48.8 Å². The molecule has 2 aliphatic heterocycles. The van der Waals surface area contributed by atoms with Crippen LogP contribution in [0.25, 0.3) is 10.8 Å². The molecule has 3 aromatic rings. The number of hydrogen-bond acceptors (Lipinski definition) is 8. The van der Waals surface area contributed by atoms with Crippen LogP contribution < -0.4 is 14.5 Å². The topological polar surface area (TPSA) is 88.8 Å². The van der Waals surface area contributed by atoms with Gasteiger partial charge in [-0.15, -0.1) is 0 Å². The van der Waals surface area contributed by atoms with E-state index in [0.717, 1.165) is 36.6 Å². The lowest BCUT2D eigenvalue weighted by atomic mass is 9.92. The molecule has 0 spiro atoms. The number of likely N-dealkylation sites (N-methyl/N-ethyl adjacent to an activating group) is 1. The summed E-state index contributed by atoms with van der Waals surface area (Å²) in [4.78, 5) is 30.6. The maximum atomic E-state index is 13.8. The van der Waals surface area contributed by atoms with Crippen LogP contribution in [0.4, 0.5) is 15.9 Å². The molecule has 1 aliphatic carbocycles. The van der Waals surface area contributed by atoms with Crippen molar-refractivity contribution in [2.24, 2.45) is 0 Å². The first-order valence-electron chi connectivity index (χ1n) is 15.6. The Balaban J connectivity index is 1.30. The van der Waals surface area contributed by atoms with Gasteiger partial charge in [-0.1, -0.05) is 43.3 Å². The molecule has 44 heavy (non-hydrogen) atoms. The van der Waals surface area contributed by atoms with Gasteiger partial charge in [0.05, 0.1) is 30.8 Å². The lowest BCUT2D eigenvalue weighted by Gasteiger charge is -2.42. The van der Waals surface area contributed by atoms with Crippen LogP contribution in [0.1, 0.15) is 42.5 Å². The van der Waals surface area contributed by atoms with Gasteiger partial charge in [-0.2, -0.15) is 15.2 Å². The second-order valence-electron chi connectivity index (χ2n) is 12.2. The first kappa shape index (κ1) is 29.8. The molecule has 9 nitrogen and oxygen atoms in total. The summed E-state index contributed by atoms with van der Waals surface area (Å²) < 4.78 is 20.0. The largest absolute Gasteiger partial charge is 0.462 e. The average molecular weight is 598 g/mol. The number of fused-ring (bicyclic) bond motifs is 2. The highest BCUT2D eigenvalue weighted by atomic mass is 19.1. The van der Waals surface area contributed by atoms with Crippen molar-refractivity contribution < 1.29 is 13.9 Å². The van der Waals surface area contributed by atoms with Crippen molar-refractivity contribution in [1.29, 1.82) is 5.26 Å². The molecule has 3 heterocycles. The van der Waals surface area contributed by atoms with Crippen LogP contribution >= 0.6 is 0 Å². The third kappa shape index (κ3) is 5.93. The number of carbonyl (C=O) groups is 1. The summed E-state index contributed by atoms with van der Waals surface area (Å²) in [6.07, 6.45) is 4.57. The normalized spacial score (nSPS) is 18.6. The van der Waals surface area contributed by atoms with Crippen LogP contribution in [-0.4, -0.2) is 84.1 Å². The van der Waals surface area contributed by atoms with Crippen molar-refractivity contribution in [1.82, 2.24) is 19.8 Å². The van der Waals surface area contributed by atoms with Crippen LogP contribution in [0, 0.1) is 18.3 Å². The van der Waals surface area contributed by atoms with Gasteiger partial charge in [0.2, 0.25) is 0 Å². The monoisotopic (exact) mass is 597 g/mol. The fourth-order valence-electron chi connectivity index (χ4n) is 6.73. The predicted molar refractivity (Wildman–Crippen MR) is 169 cm³/mol. The first-order valence-corrected chi connectivity index (χ1v) is 15.6. The van der Waals surface area contributed by atoms with Gasteiger partial charge in [0.1, 0.15) is 12.4 Å². The third-order valence-corrected chi connectivity index (χ3v) is 9.43. The summed E-state index contributed by atoms with van der Waals surface area (Å²) in [5.41, 5.74) is 4.40. The quantitative estimate of drug-likeness (QED) is 0.326. The van der Waals surface area contributed by atoms with E-state index in [1.807, 2.05) is 0 Å². The van der Waals surface area contributed by atoms with Crippen LogP contribution in [-0.2, 0) is 17.8 Å². The first-order chi connectivity index (χ1) is 21.3. The summed E-state index contributed by atoms with van der Waals surface area (Å²) in [5, 5.41) is 12.0. The van der Waals surface area contributed by atoms with Gasteiger partial charge in [-0.25, -0.2) is 4.39 Å². The SMILES string of the molecule is C=C(F)C(=O)N1CCN(c2nc(OCCN(C)C3CCC3)nc3c2CCN(c2cccc4cccc(C)c24)C3)C[C@@H]1CC#N. The van der Waals surface area contributed by atoms with E-state index in [-0.39, 0.29) is 13.0 Å². The van der Waals surface area contributed by atoms with E-state index in [0.29, 0.717) is 38.3 Å². The van der Waals surface area contributed by atoms with Gasteiger partial charge in [-0.05, 0) is 50.2 Å². The van der Waals surface area contributed by atoms with Crippen molar-refractivity contribution >= 4 is 28.2 Å². The van der Waals surface area contributed by atoms with E-state index in [2.05, 4.69) is 77.7 Å². The van der Waals surface area contributed by atoms with Crippen LogP contribution in [0.2, 0.25) is 0 Å². The van der Waals surface area contributed by atoms with Gasteiger partial charge in [-0.3, -0.25) is 4.79 Å². The molecule has 1 saturated heterocycles. The number of aromatic nitrogens is 2. The van der Waals surface area contributed by atoms with Gasteiger partial charge in [0.25, 0.3) is 5.91 Å². The smallest absolute Gasteiger partial charge is 0.318 e. The van der Waals surface area contributed by atoms with E-state index >= 15 is 0 Å². The minimum absolute atomic E-state index is 0.0911. The molecule has 1 amide bonds. The number of piperazine rings is 1. The fourth-order valence-corrected chi connectivity index (χ4v) is 6.73. The summed E-state index contributed by atoms with van der Waals surface area (Å²) in [6, 6.07) is 15.5. The summed E-state index contributed by atoms with van der Waals surface area (Å²) >= 11 is 0. The molecule has 0 N–H and O–H groups in total. The molecule has 0 unspecified atom stereocenters. The zero-order valence-corrected chi connectivity index (χ0v) is 25.6. The van der Waals surface area contributed by atoms with Gasteiger partial charge >= 0.3 is 6.01 Å². The number of carbonyl (C=O) groups excluding carboxylic acids is 1. The van der Waals surface area contributed by atoms with Crippen molar-refractivity contribution in [3.05, 3.63) is 65.6 Å². The number of nitriles is 1. The Morgan fingerprint density at radius 2 is 1.95 bits per heavy atom. The number of nitrogens with zero attached hydrogens (tertiary/aromatic N) is 7. The Morgan fingerprint density at radius 3 is 2.68 bits per heavy atom. The lowest BCUT2D eigenvalue weighted by Crippen LogP contribution is -2.55. The molecular weight excluding hydrogens is 557 g/mol. The summed E-state index contributed by atoms with van der Waals surface area (Å²) in [5.74, 6) is -0.984. The maximum Gasteiger partial charge on any atom is 0.318 e. The highest BCUT2D eigenvalue weighted by Gasteiger charge is 2.35. The van der Waals surface area contributed by atoms with E-state index in [1.165, 1.54) is 46.2 Å². The molecule has 2 fully saturated rings. The zero-order chi connectivity index (χ0) is 30.8. The van der Waals surface area contributed by atoms with E-state index < -0.39 is 17.8 Å². The van der Waals surface area contributed by atoms with Crippen molar-refractivity contribution in [2.75, 3.05) is 56.2 Å². The number of anilines is 2. The molecule has 3 aliphatic rings. The molecule has 2 aromatic carbocycles. The Bertz CT molecular complexity index is 1600. The molecular formula is C34H40FN7O2. The van der Waals surface area contributed by atoms with E-state index in [4.69, 9.17) is 14.7 Å². The Labute approximate surface area is 258 Å². The zero-order valence-electron chi connectivity index (χ0n) is 25.6. The highest BCUT2D eigenvalue weighted by molar-refractivity contribution is 5.97. The number of ether oxygens (including phenoxy) is 1. The number of halogens is 1. The molecule has 1 saturated carbocycles. The Kier molecular flexibility index (Phi) is 8.67. The third-order valence-electron chi connectivity index (χ3n) is 9.43. The molecule has 0 radical (unpaired) electrons. The molecule has 0 bridgehead atoms. The summed E-state index contributed by atoms with van der Waals surface area (Å²) in [6.45, 7) is 9.12. The van der Waals surface area contributed by atoms with Crippen molar-refractivity contribution in [3.8, 4) is 12.1 Å². The van der Waals surface area contributed by atoms with Crippen LogP contribution in [0.3, 0.4) is 0 Å². The second-order valence-corrected chi connectivity index (χ2v) is 12.2. The van der Waals surface area contributed by atoms with Gasteiger partial charge in [0, 0.05) is 55.4 Å². The minimum Gasteiger partial charge on any atom is -0.462 e. The molecule has 230 valence electrons. The van der Waals surface area contributed by atoms with Crippen LogP contribution in [0.5, 0.6) is 6.01 Å². The average Bonchev–Trinajstić information content (AvgIpc) is 2.99. The number of rotatable bonds is 9. The van der Waals surface area contributed by atoms with Gasteiger partial charge < -0.3 is 24.3 Å². The van der Waals surface area contributed by atoms with E-state index in [9.17, 15) is 14.4 Å². The molecule has 1 atom stereocenters. The Morgan fingerprint density at radius 1 is 1.16 bits per heavy atom. The van der Waals surface area contributed by atoms with E-state index in [1.54, 1.807) is 0 Å². The number of benzene rings is 2. The molecule has 1 aromatic heterocycles. The van der Waals surface area contributed by atoms with Crippen molar-refractivity contribution in [3.63, 3.8) is 0 Å². The molecule has 10 heteroatoms.